The minimum absolute atomic E-state index is 0.135. The monoisotopic (exact) mass is 952 g/mol. The van der Waals surface area contributed by atoms with Crippen LogP contribution >= 0.6 is 14.3 Å². The van der Waals surface area contributed by atoms with Gasteiger partial charge in [-0.1, -0.05) is 254 Å². The maximum Gasteiger partial charge on any atom is 0.171 e. The second-order valence-corrected chi connectivity index (χ2v) is 20.7. The van der Waals surface area contributed by atoms with Crippen molar-refractivity contribution >= 4 is 56.9 Å². The molecule has 0 N–H and O–H groups in total. The first-order valence-electron chi connectivity index (χ1n) is 37.8. The van der Waals surface area contributed by atoms with E-state index in [4.69, 9.17) is 27.4 Å². The van der Waals surface area contributed by atoms with Crippen molar-refractivity contribution in [2.24, 2.45) is 0 Å². The molecule has 4 heteroatoms. The van der Waals surface area contributed by atoms with Crippen molar-refractivity contribution in [3.8, 4) is 44.5 Å². The maximum atomic E-state index is 16.7. The van der Waals surface area contributed by atoms with Gasteiger partial charge >= 0.3 is 0 Å². The van der Waals surface area contributed by atoms with Crippen LogP contribution in [0.25, 0.3) is 55.3 Å². The Labute approximate surface area is 450 Å². The van der Waals surface area contributed by atoms with E-state index in [1.165, 1.54) is 12.1 Å². The standard InChI is InChI=1S/C65H44O2P2/c66-68(50-18-5-1-6-19-50,51-20-7-2-8-21-51)54-36-29-45(30-37-54)48-33-40-57-58-41-34-49(46-31-38-55(39-32-46)69(67,52-22-9-3-10-23-52)53-24-11-4-12-25-53)44-63(58)65(62(57)43-48)60-28-16-15-27-59(60)64-56-26-14-13-17-47(56)35-42-61(64)65/h1-44H/i1D,2D,3D,4D,5D,6D,7D,8D,9D,10D,11D,12D,18D,19D,20D,21D,22D,23D,24D,25D,29D,30D,31D,32D,33D,34D,36D,37D,38D,39D,40D,41D,43D,44D. The van der Waals surface area contributed by atoms with E-state index in [9.17, 15) is 19.2 Å². The second-order valence-electron chi connectivity index (χ2n) is 15.6. The molecule has 11 aromatic carbocycles. The van der Waals surface area contributed by atoms with E-state index in [0.29, 0.717) is 21.9 Å². The highest BCUT2D eigenvalue weighted by Gasteiger charge is 2.52. The Hall–Kier alpha value is -7.86. The van der Waals surface area contributed by atoms with E-state index in [1.54, 1.807) is 48.5 Å². The highest BCUT2D eigenvalue weighted by Crippen LogP contribution is 2.64. The maximum absolute atomic E-state index is 16.7. The average molecular weight is 953 g/mol. The summed E-state index contributed by atoms with van der Waals surface area (Å²) in [5, 5.41) is -6.76. The van der Waals surface area contributed by atoms with Gasteiger partial charge in [-0.15, -0.1) is 0 Å². The molecule has 0 radical (unpaired) electrons. The Bertz CT molecular complexity index is 5360. The zero-order valence-corrected chi connectivity index (χ0v) is 36.8. The van der Waals surface area contributed by atoms with Gasteiger partial charge in [0, 0.05) is 31.8 Å². The lowest BCUT2D eigenvalue weighted by atomic mass is 9.69. The number of rotatable bonds is 8. The molecule has 0 aromatic heterocycles. The molecule has 69 heavy (non-hydrogen) atoms. The lowest BCUT2D eigenvalue weighted by Crippen LogP contribution is -2.26. The van der Waals surface area contributed by atoms with Crippen LogP contribution in [-0.2, 0) is 14.5 Å². The van der Waals surface area contributed by atoms with Crippen LogP contribution in [0, 0.1) is 0 Å². The molecule has 0 saturated heterocycles. The van der Waals surface area contributed by atoms with Crippen LogP contribution < -0.4 is 31.8 Å². The lowest BCUT2D eigenvalue weighted by Gasteiger charge is -2.31. The fraction of sp³-hybridized carbons (Fsp3) is 0.0154. The quantitative estimate of drug-likeness (QED) is 0.142. The molecule has 2 nitrogen and oxygen atoms in total. The molecule has 0 heterocycles. The summed E-state index contributed by atoms with van der Waals surface area (Å²) in [7, 11) is -11.9. The summed E-state index contributed by atoms with van der Waals surface area (Å²) in [4.78, 5) is 0. The van der Waals surface area contributed by atoms with Gasteiger partial charge in [-0.2, -0.15) is 0 Å². The summed E-state index contributed by atoms with van der Waals surface area (Å²) < 4.78 is 347. The molecule has 13 rings (SSSR count). The predicted molar refractivity (Wildman–Crippen MR) is 290 cm³/mol. The van der Waals surface area contributed by atoms with E-state index in [1.807, 2.05) is 0 Å². The van der Waals surface area contributed by atoms with Gasteiger partial charge in [0.2, 0.25) is 0 Å². The third-order valence-corrected chi connectivity index (χ3v) is 17.2. The molecule has 0 aliphatic heterocycles. The first-order chi connectivity index (χ1) is 48.1. The summed E-state index contributed by atoms with van der Waals surface area (Å²) in [5.74, 6) is 0. The molecule has 326 valence electrons. The summed E-state index contributed by atoms with van der Waals surface area (Å²) in [6.07, 6.45) is 0. The van der Waals surface area contributed by atoms with Gasteiger partial charge in [-0.25, -0.2) is 0 Å². The SMILES string of the molecule is [2H]c1c([2H])c([2H])c(P(=O)(c2c([2H])c([2H])c([2H])c([2H])c2[2H])c2c([2H])c([2H])c(-c3c([2H])c([2H])c4c(c3[2H])C3(c5ccccc5-c5c3ccc3ccccc53)c3c([2H])c(-c5c([2H])c([2H])c(P(=O)(c6c([2H])c([2H])c([2H])c([2H])c6[2H])c6c([2H])c([2H])c([2H])c([2H])c6[2H])c([2H])c5[2H])c([2H])c([2H])c3-4)c([2H])c2[2H])c([2H])c1[2H]. The molecule has 0 saturated carbocycles. The number of benzene rings is 11. The van der Waals surface area contributed by atoms with Crippen LogP contribution in [0.15, 0.2) is 266 Å². The van der Waals surface area contributed by atoms with Crippen LogP contribution in [0.1, 0.15) is 68.9 Å². The Morgan fingerprint density at radius 1 is 0.319 bits per heavy atom. The van der Waals surface area contributed by atoms with Crippen molar-refractivity contribution in [1.29, 1.82) is 0 Å². The van der Waals surface area contributed by atoms with Crippen molar-refractivity contribution in [2.75, 3.05) is 0 Å². The molecule has 2 aliphatic carbocycles. The second kappa shape index (κ2) is 16.1. The summed E-state index contributed by atoms with van der Waals surface area (Å²) in [5.41, 5.74) is -7.07. The van der Waals surface area contributed by atoms with Crippen molar-refractivity contribution in [2.45, 2.75) is 5.41 Å². The fourth-order valence-corrected chi connectivity index (χ4v) is 13.1. The lowest BCUT2D eigenvalue weighted by molar-refractivity contribution is 0.591. The molecule has 2 aliphatic rings. The number of hydrogen-bond acceptors (Lipinski definition) is 2. The van der Waals surface area contributed by atoms with Crippen molar-refractivity contribution in [3.05, 3.63) is 288 Å². The van der Waals surface area contributed by atoms with E-state index in [0.717, 1.165) is 0 Å². The van der Waals surface area contributed by atoms with E-state index >= 15 is 9.13 Å². The number of hydrogen-bond donors (Lipinski definition) is 0. The minimum Gasteiger partial charge on any atom is -0.309 e. The van der Waals surface area contributed by atoms with Gasteiger partial charge in [-0.05, 0) is 89.6 Å². The Balaban J connectivity index is 1.16. The summed E-state index contributed by atoms with van der Waals surface area (Å²) >= 11 is 0. The zero-order valence-electron chi connectivity index (χ0n) is 69.0. The molecular formula is C65H44O2P2. The van der Waals surface area contributed by atoms with Gasteiger partial charge in [0.15, 0.2) is 14.3 Å². The normalized spacial score (nSPS) is 20.1. The zero-order chi connectivity index (χ0) is 75.7. The Morgan fingerprint density at radius 3 is 1.17 bits per heavy atom. The predicted octanol–water partition coefficient (Wildman–Crippen LogP) is 13.8. The van der Waals surface area contributed by atoms with Crippen LogP contribution in [0.4, 0.5) is 0 Å². The molecule has 0 unspecified atom stereocenters. The van der Waals surface area contributed by atoms with Gasteiger partial charge in [0.1, 0.15) is 0 Å². The van der Waals surface area contributed by atoms with Crippen molar-refractivity contribution in [1.82, 2.24) is 0 Å². The van der Waals surface area contributed by atoms with Crippen molar-refractivity contribution in [3.63, 3.8) is 0 Å². The Kier molecular flexibility index (Phi) is 4.51. The summed E-state index contributed by atoms with van der Waals surface area (Å²) in [6.45, 7) is 0. The van der Waals surface area contributed by atoms with Gasteiger partial charge < -0.3 is 9.13 Å². The summed E-state index contributed by atoms with van der Waals surface area (Å²) in [6, 6.07) is -24.4. The van der Waals surface area contributed by atoms with Crippen molar-refractivity contribution < 1.29 is 55.7 Å². The van der Waals surface area contributed by atoms with Gasteiger partial charge in [-0.3, -0.25) is 0 Å². The largest absolute Gasteiger partial charge is 0.309 e. The molecule has 11 aromatic rings. The third kappa shape index (κ3) is 6.20. The molecule has 0 bridgehead atoms. The highest BCUT2D eigenvalue weighted by molar-refractivity contribution is 7.85. The smallest absolute Gasteiger partial charge is 0.171 e. The van der Waals surface area contributed by atoms with Crippen LogP contribution in [0.3, 0.4) is 0 Å². The third-order valence-electron chi connectivity index (χ3n) is 12.1. The van der Waals surface area contributed by atoms with Gasteiger partial charge in [0.05, 0.1) is 52.0 Å². The molecule has 1 spiro atoms. The molecular weight excluding hydrogens is 875 g/mol. The first-order valence-corrected chi connectivity index (χ1v) is 24.2. The van der Waals surface area contributed by atoms with E-state index in [2.05, 4.69) is 0 Å². The van der Waals surface area contributed by atoms with Crippen LogP contribution in [0.5, 0.6) is 0 Å². The van der Waals surface area contributed by atoms with Crippen LogP contribution in [-0.4, -0.2) is 0 Å². The molecule has 0 fully saturated rings. The first kappa shape index (κ1) is 19.3. The minimum atomic E-state index is -5.97. The molecule has 0 amide bonds. The highest BCUT2D eigenvalue weighted by atomic mass is 31.2. The van der Waals surface area contributed by atoms with Crippen LogP contribution in [0.2, 0.25) is 0 Å². The fourth-order valence-electron chi connectivity index (χ4n) is 9.16. The van der Waals surface area contributed by atoms with Gasteiger partial charge in [0.25, 0.3) is 0 Å². The Morgan fingerprint density at radius 2 is 0.710 bits per heavy atom. The number of fused-ring (bicyclic) bond motifs is 12. The molecule has 0 atom stereocenters. The average Bonchev–Trinajstić information content (AvgIpc) is 1.49. The van der Waals surface area contributed by atoms with E-state index in [-0.39, 0.29) is 11.1 Å². The van der Waals surface area contributed by atoms with E-state index < -0.39 is 301 Å². The topological polar surface area (TPSA) is 34.1 Å².